The van der Waals surface area contributed by atoms with E-state index in [-0.39, 0.29) is 147 Å². The van der Waals surface area contributed by atoms with Gasteiger partial charge in [-0.05, 0) is 394 Å². The van der Waals surface area contributed by atoms with E-state index in [4.69, 9.17) is 14.9 Å². The van der Waals surface area contributed by atoms with Crippen LogP contribution in [0.4, 0.5) is 0 Å². The first-order valence-corrected chi connectivity index (χ1v) is 43.1. The lowest BCUT2D eigenvalue weighted by atomic mass is 9.62. The van der Waals surface area contributed by atoms with Crippen LogP contribution in [0.3, 0.4) is 0 Å². The first-order chi connectivity index (χ1) is 45.8. The first kappa shape index (κ1) is 105. The molecule has 0 aromatic heterocycles. The molecule has 7 heteroatoms. The predicted molar refractivity (Wildman–Crippen MR) is 478 cm³/mol. The van der Waals surface area contributed by atoms with Crippen LogP contribution in [-0.4, -0.2) is 57.8 Å². The van der Waals surface area contributed by atoms with Crippen molar-refractivity contribution in [1.82, 2.24) is 0 Å². The fourth-order valence-corrected chi connectivity index (χ4v) is 35.1. The zero-order chi connectivity index (χ0) is 67.6. The zero-order valence-electron chi connectivity index (χ0n) is 63.7. The average Bonchev–Trinajstić information content (AvgIpc) is 1.55. The first-order valence-electron chi connectivity index (χ1n) is 43.1. The molecule has 0 amide bonds. The van der Waals surface area contributed by atoms with Gasteiger partial charge in [0.05, 0.1) is 30.7 Å². The summed E-state index contributed by atoms with van der Waals surface area (Å²) in [5, 5.41) is 37.1. The summed E-state index contributed by atoms with van der Waals surface area (Å²) in [6.45, 7) is 39.0. The van der Waals surface area contributed by atoms with Crippen molar-refractivity contribution in [2.75, 3.05) is 13.2 Å². The van der Waals surface area contributed by atoms with Gasteiger partial charge in [0.25, 0.3) is 0 Å². The molecule has 654 valence electrons. The van der Waals surface area contributed by atoms with Crippen molar-refractivity contribution in [1.29, 1.82) is 0 Å². The zero-order valence-corrected chi connectivity index (χ0v) is 63.7. The van der Waals surface area contributed by atoms with Gasteiger partial charge >= 0.3 is 11.9 Å². The molecule has 22 aliphatic carbocycles. The highest BCUT2D eigenvalue weighted by atomic mass is 16.5. The quantitative estimate of drug-likeness (QED) is 0.163. The second-order valence-electron chi connectivity index (χ2n) is 42.1. The molecule has 0 radical (unpaired) electrons. The summed E-state index contributed by atoms with van der Waals surface area (Å²) in [6.07, 6.45) is 26.8. The van der Waals surface area contributed by atoms with Crippen molar-refractivity contribution in [3.63, 3.8) is 0 Å². The number of hydrogen-bond donors (Lipinski definition) is 4. The van der Waals surface area contributed by atoms with Crippen molar-refractivity contribution >= 4 is 11.9 Å². The van der Waals surface area contributed by atoms with Crippen molar-refractivity contribution in [2.24, 2.45) is 284 Å². The predicted octanol–water partition coefficient (Wildman–Crippen LogP) is 27.8. The van der Waals surface area contributed by atoms with Gasteiger partial charge in [-0.25, -0.2) is 0 Å². The summed E-state index contributed by atoms with van der Waals surface area (Å²) in [6, 6.07) is 0. The lowest BCUT2D eigenvalue weighted by molar-refractivity contribution is -0.152. The number of aliphatic carboxylic acids is 1. The summed E-state index contributed by atoms with van der Waals surface area (Å²) in [7, 11) is 0. The maximum absolute atomic E-state index is 11.7. The Hall–Kier alpha value is -1.18. The number of rotatable bonds is 4. The number of esters is 1. The highest BCUT2D eigenvalue weighted by Crippen LogP contribution is 2.75. The Morgan fingerprint density at radius 1 is 0.255 bits per heavy atom. The summed E-state index contributed by atoms with van der Waals surface area (Å²) >= 11 is 0. The molecular formula is C103H200O7. The van der Waals surface area contributed by atoms with E-state index in [9.17, 15) is 19.8 Å². The lowest BCUT2D eigenvalue weighted by Crippen LogP contribution is -2.40. The van der Waals surface area contributed by atoms with Gasteiger partial charge < -0.3 is 25.2 Å². The molecule has 4 N–H and O–H groups in total. The molecule has 50 atom stereocenters. The van der Waals surface area contributed by atoms with Gasteiger partial charge in [0.15, 0.2) is 0 Å². The number of carboxylic acid groups (broad SMARTS) is 1. The van der Waals surface area contributed by atoms with Gasteiger partial charge in [0, 0.05) is 0 Å². The summed E-state index contributed by atoms with van der Waals surface area (Å²) in [4.78, 5) is 22.6. The molecule has 0 heterocycles. The summed E-state index contributed by atoms with van der Waals surface area (Å²) in [5.74, 6) is 44.5. The molecule has 22 aliphatic rings. The fourth-order valence-electron chi connectivity index (χ4n) is 35.1. The Morgan fingerprint density at radius 3 is 0.827 bits per heavy atom. The molecule has 7 nitrogen and oxygen atoms in total. The van der Waals surface area contributed by atoms with Gasteiger partial charge in [0.1, 0.15) is 6.61 Å². The molecule has 22 rings (SSSR count). The lowest BCUT2D eigenvalue weighted by Gasteiger charge is -2.43. The Balaban J connectivity index is 0.000000428. The van der Waals surface area contributed by atoms with Crippen LogP contribution < -0.4 is 0 Å². The molecule has 50 unspecified atom stereocenters. The van der Waals surface area contributed by atoms with E-state index < -0.39 is 5.97 Å². The van der Waals surface area contributed by atoms with Crippen LogP contribution in [0.5, 0.6) is 0 Å². The molecule has 110 heavy (non-hydrogen) atoms. The Bertz CT molecular complexity index is 2620. The van der Waals surface area contributed by atoms with E-state index in [1.54, 1.807) is 64.2 Å². The minimum absolute atomic E-state index is 0. The van der Waals surface area contributed by atoms with Crippen LogP contribution in [-0.2, 0) is 14.3 Å². The third-order valence-corrected chi connectivity index (χ3v) is 40.5. The molecule has 0 aromatic carbocycles. The molecule has 0 aliphatic heterocycles. The second kappa shape index (κ2) is 39.3. The average molecular weight is 1550 g/mol. The van der Waals surface area contributed by atoms with E-state index >= 15 is 0 Å². The third kappa shape index (κ3) is 16.2. The number of carboxylic acids is 1. The smallest absolute Gasteiger partial charge is 0.309 e. The van der Waals surface area contributed by atoms with Crippen LogP contribution in [0.15, 0.2) is 0 Å². The monoisotopic (exact) mass is 1550 g/mol. The summed E-state index contributed by atoms with van der Waals surface area (Å²) in [5.41, 5.74) is 0. The van der Waals surface area contributed by atoms with Crippen LogP contribution in [0.1, 0.15) is 337 Å². The van der Waals surface area contributed by atoms with E-state index in [0.717, 1.165) is 209 Å². The highest BCUT2D eigenvalue weighted by Gasteiger charge is 2.69. The maximum atomic E-state index is 11.7. The number of fused-ring (bicyclic) bond motifs is 42. The molecule has 0 saturated heterocycles. The van der Waals surface area contributed by atoms with E-state index in [1.807, 2.05) is 0 Å². The van der Waals surface area contributed by atoms with E-state index in [0.29, 0.717) is 41.4 Å². The van der Waals surface area contributed by atoms with Gasteiger partial charge in [-0.15, -0.1) is 0 Å². The normalized spacial score (nSPS) is 54.4. The molecule has 0 aromatic rings. The van der Waals surface area contributed by atoms with Gasteiger partial charge in [-0.1, -0.05) is 215 Å². The van der Waals surface area contributed by atoms with Crippen molar-refractivity contribution < 1.29 is 34.8 Å². The van der Waals surface area contributed by atoms with Crippen LogP contribution >= 0.6 is 0 Å². The van der Waals surface area contributed by atoms with Crippen molar-refractivity contribution in [3.05, 3.63) is 0 Å². The topological polar surface area (TPSA) is 124 Å². The number of hydrogen-bond acceptors (Lipinski definition) is 6. The molecule has 22 saturated carbocycles. The SMILES string of the molecule is C.C.C.C.C.C.C.C.C.C.C.C.C.C.CC1C(C)C2CC1C1C3CC(O)C(C3)C21.CC1C(C)C2CC1C1C3CCC(C3)C21.CC1C2CC(C(=O)O)C(C2)C1C.CC1C2CC(C(=O)OCCO)C(C2)C1C.CC1C2CC(O)C(C2)C1C.CC1CC2CC1C1C3CC(C(C)C3C)C21.CC1CC2CC1C1C3CC(C(C)C3C)C21. The minimum Gasteiger partial charge on any atom is -0.481 e. The maximum Gasteiger partial charge on any atom is 0.309 e. The van der Waals surface area contributed by atoms with E-state index in [1.165, 1.54) is 79.4 Å². The minimum atomic E-state index is -0.568. The molecule has 0 spiro atoms. The Labute approximate surface area is 689 Å². The van der Waals surface area contributed by atoms with Gasteiger partial charge in [0.2, 0.25) is 0 Å². The van der Waals surface area contributed by atoms with E-state index in [2.05, 4.69) is 111 Å². The van der Waals surface area contributed by atoms with Crippen LogP contribution in [0, 0.1) is 284 Å². The number of ether oxygens (including phenoxy) is 1. The second-order valence-corrected chi connectivity index (χ2v) is 42.1. The number of carbonyl (C=O) groups is 2. The van der Waals surface area contributed by atoms with Crippen molar-refractivity contribution in [3.8, 4) is 0 Å². The third-order valence-electron chi connectivity index (χ3n) is 40.5. The standard InChI is InChI=1S/2C15H24.C14H22O.C14H22.C12H20O3.C10H16O2.C9H16O.14CH4/c2*1-7-4-10-5-11(7)15-13-6-12(14(10)15)8(2)9(13)3;1-6-7(2)10-5-9(6)13-8-3-11(14(10)13)12(15)4-8;1-7-8(2)12-6-11(7)13-9-3-4-10(5-9)14(12)13;1-7-8(2)10-5-9(7)6-11(10)12(14)15-4-3-13;1-5-6(2)8-3-7(5)4-9(8)10(11)12;1-5-6(2)8-3-7(5)4-9(8)10;;;;;;;;;;;;;;/h2*7-15H,4-6H2,1-3H3;6-15H,3-5H2,1-2H3;7-14H,3-6H2,1-2H3;7-11,13H,3-6H2,1-2H3;5-9H,3-4H2,1-2H3,(H,11,12);5-10H,3-4H2,1-2H3;14*1H4. The summed E-state index contributed by atoms with van der Waals surface area (Å²) < 4.78 is 5.02. The van der Waals surface area contributed by atoms with Crippen LogP contribution in [0.25, 0.3) is 0 Å². The largest absolute Gasteiger partial charge is 0.481 e. The molecule has 22 bridgehead atoms. The number of aliphatic hydroxyl groups excluding tert-OH is 3. The van der Waals surface area contributed by atoms with Gasteiger partial charge in [-0.2, -0.15) is 0 Å². The molecular weight excluding hydrogens is 1350 g/mol. The fraction of sp³-hybridized carbons (Fsp3) is 0.981. The van der Waals surface area contributed by atoms with Crippen molar-refractivity contribution in [2.45, 2.75) is 349 Å². The Morgan fingerprint density at radius 2 is 0.509 bits per heavy atom. The molecule has 22 fully saturated rings. The van der Waals surface area contributed by atoms with Crippen LogP contribution in [0.2, 0.25) is 0 Å². The number of carbonyl (C=O) groups excluding carboxylic acids is 1. The number of aliphatic hydroxyl groups is 3. The Kier molecular flexibility index (Phi) is 37.5. The van der Waals surface area contributed by atoms with Gasteiger partial charge in [-0.3, -0.25) is 9.59 Å². The highest BCUT2D eigenvalue weighted by molar-refractivity contribution is 5.73.